The van der Waals surface area contributed by atoms with Crippen LogP contribution in [0, 0.1) is 0 Å². The molecular formula is C22H16F26O4. The normalized spacial score (nSPS) is 15.5. The summed E-state index contributed by atoms with van der Waals surface area (Å²) >= 11 is 0. The Bertz CT molecular complexity index is 1140. The zero-order valence-electron chi connectivity index (χ0n) is 24.1. The van der Waals surface area contributed by atoms with Gasteiger partial charge in [0.05, 0.1) is 26.4 Å². The predicted octanol–water partition coefficient (Wildman–Crippen LogP) is 9.56. The second kappa shape index (κ2) is 14.8. The van der Waals surface area contributed by atoms with Gasteiger partial charge in [-0.3, -0.25) is 0 Å². The van der Waals surface area contributed by atoms with E-state index in [1.165, 1.54) is 0 Å². The largest absolute Gasteiger partial charge is 0.490 e. The van der Waals surface area contributed by atoms with E-state index < -0.39 is 123 Å². The van der Waals surface area contributed by atoms with Gasteiger partial charge in [-0.2, -0.15) is 114 Å². The van der Waals surface area contributed by atoms with Crippen molar-refractivity contribution in [3.8, 4) is 0 Å². The highest BCUT2D eigenvalue weighted by atomic mass is 19.4. The fourth-order valence-corrected chi connectivity index (χ4v) is 2.84. The van der Waals surface area contributed by atoms with Crippen LogP contribution in [0.4, 0.5) is 114 Å². The summed E-state index contributed by atoms with van der Waals surface area (Å²) in [7, 11) is 0. The molecule has 0 bridgehead atoms. The minimum absolute atomic E-state index is 0.858. The molecule has 0 fully saturated rings. The summed E-state index contributed by atoms with van der Waals surface area (Å²) in [6.07, 6.45) is -15.3. The van der Waals surface area contributed by atoms with Gasteiger partial charge in [-0.1, -0.05) is 13.2 Å². The van der Waals surface area contributed by atoms with Crippen LogP contribution in [0.15, 0.2) is 24.7 Å². The fourth-order valence-electron chi connectivity index (χ4n) is 2.84. The lowest BCUT2D eigenvalue weighted by Gasteiger charge is -2.39. The Morgan fingerprint density at radius 1 is 0.288 bits per heavy atom. The van der Waals surface area contributed by atoms with Crippen LogP contribution in [0.5, 0.6) is 0 Å². The van der Waals surface area contributed by atoms with E-state index in [2.05, 4.69) is 18.9 Å². The van der Waals surface area contributed by atoms with Crippen molar-refractivity contribution in [2.45, 2.75) is 71.6 Å². The summed E-state index contributed by atoms with van der Waals surface area (Å²) in [4.78, 5) is 0. The molecule has 0 spiro atoms. The zero-order chi connectivity index (χ0) is 42.2. The maximum atomic E-state index is 13.8. The standard InChI is InChI=1S/C22H16F26O4/c1-9(11(23,24)13(27,28)15(31,32)17(35,36)19(39,40)21(43,44)45)51-7-5-49-3-4-50-6-8-52-10(2)12(25,26)14(29,30)16(33,34)18(37,38)20(41,42)22(46,47)48/h1-8H2. The number of halogens is 26. The van der Waals surface area contributed by atoms with Crippen molar-refractivity contribution in [1.29, 1.82) is 0 Å². The minimum Gasteiger partial charge on any atom is -0.490 e. The van der Waals surface area contributed by atoms with E-state index in [0.717, 1.165) is 0 Å². The highest BCUT2D eigenvalue weighted by Crippen LogP contribution is 2.62. The van der Waals surface area contributed by atoms with E-state index in [1.54, 1.807) is 0 Å². The number of rotatable bonds is 21. The van der Waals surface area contributed by atoms with Gasteiger partial charge in [-0.15, -0.1) is 0 Å². The molecule has 4 nitrogen and oxygen atoms in total. The number of ether oxygens (including phenoxy) is 4. The molecule has 52 heavy (non-hydrogen) atoms. The van der Waals surface area contributed by atoms with E-state index in [-0.39, 0.29) is 0 Å². The van der Waals surface area contributed by atoms with Gasteiger partial charge in [-0.25, -0.2) is 0 Å². The van der Waals surface area contributed by atoms with Crippen LogP contribution >= 0.6 is 0 Å². The minimum atomic E-state index is -8.19. The molecule has 0 atom stereocenters. The molecule has 0 unspecified atom stereocenters. The first kappa shape index (κ1) is 49.2. The molecule has 0 radical (unpaired) electrons. The predicted molar refractivity (Wildman–Crippen MR) is 113 cm³/mol. The Kier molecular flexibility index (Phi) is 14.0. The van der Waals surface area contributed by atoms with Gasteiger partial charge >= 0.3 is 71.6 Å². The number of hydrogen-bond acceptors (Lipinski definition) is 4. The lowest BCUT2D eigenvalue weighted by atomic mass is 9.93. The first-order valence-electron chi connectivity index (χ1n) is 12.3. The molecule has 0 aliphatic carbocycles. The third-order valence-electron chi connectivity index (χ3n) is 5.95. The summed E-state index contributed by atoms with van der Waals surface area (Å²) in [5, 5.41) is 0. The molecule has 310 valence electrons. The van der Waals surface area contributed by atoms with Crippen molar-refractivity contribution in [2.75, 3.05) is 39.6 Å². The second-order valence-electron chi connectivity index (χ2n) is 9.51. The van der Waals surface area contributed by atoms with Crippen LogP contribution in [0.1, 0.15) is 0 Å². The molecular weight excluding hydrogens is 822 g/mol. The first-order chi connectivity index (χ1) is 22.5. The Labute approximate surface area is 270 Å². The van der Waals surface area contributed by atoms with E-state index >= 15 is 0 Å². The average Bonchev–Trinajstić information content (AvgIpc) is 2.95. The highest BCUT2D eigenvalue weighted by Gasteiger charge is 2.92. The molecule has 0 saturated heterocycles. The topological polar surface area (TPSA) is 36.9 Å². The van der Waals surface area contributed by atoms with Crippen molar-refractivity contribution in [1.82, 2.24) is 0 Å². The van der Waals surface area contributed by atoms with Crippen molar-refractivity contribution >= 4 is 0 Å². The Morgan fingerprint density at radius 2 is 0.481 bits per heavy atom. The molecule has 0 rings (SSSR count). The van der Waals surface area contributed by atoms with Gasteiger partial charge < -0.3 is 18.9 Å². The third-order valence-corrected chi connectivity index (χ3v) is 5.95. The van der Waals surface area contributed by atoms with E-state index in [0.29, 0.717) is 0 Å². The summed E-state index contributed by atoms with van der Waals surface area (Å²) in [6.45, 7) is -3.05. The fraction of sp³-hybridized carbons (Fsp3) is 0.818. The SMILES string of the molecule is C=C(OCCOCCOCCOC(=C)C(F)(F)C(F)(F)C(F)(F)C(F)(F)C(F)(F)C(F)(F)F)C(F)(F)C(F)(F)C(F)(F)C(F)(F)C(F)(F)C(F)(F)F. The number of allylic oxidation sites excluding steroid dienone is 2. The highest BCUT2D eigenvalue weighted by molar-refractivity contribution is 5.18. The molecule has 0 heterocycles. The summed E-state index contributed by atoms with van der Waals surface area (Å²) in [5.41, 5.74) is 0. The van der Waals surface area contributed by atoms with Gasteiger partial charge in [0.1, 0.15) is 13.2 Å². The van der Waals surface area contributed by atoms with Crippen LogP contribution < -0.4 is 0 Å². The maximum Gasteiger partial charge on any atom is 0.460 e. The van der Waals surface area contributed by atoms with Crippen LogP contribution in [0.3, 0.4) is 0 Å². The third kappa shape index (κ3) is 8.00. The van der Waals surface area contributed by atoms with Crippen molar-refractivity contribution < 1.29 is 133 Å². The first-order valence-corrected chi connectivity index (χ1v) is 12.3. The van der Waals surface area contributed by atoms with Gasteiger partial charge in [0.2, 0.25) is 0 Å². The molecule has 0 aromatic heterocycles. The molecule has 0 aromatic carbocycles. The lowest BCUT2D eigenvalue weighted by Crippen LogP contribution is -2.70. The quantitative estimate of drug-likeness (QED) is 0.0656. The lowest BCUT2D eigenvalue weighted by molar-refractivity contribution is -0.438. The van der Waals surface area contributed by atoms with Crippen LogP contribution in [0.25, 0.3) is 0 Å². The van der Waals surface area contributed by atoms with E-state index in [4.69, 9.17) is 0 Å². The van der Waals surface area contributed by atoms with Crippen molar-refractivity contribution in [3.63, 3.8) is 0 Å². The molecule has 0 amide bonds. The smallest absolute Gasteiger partial charge is 0.460 e. The second-order valence-corrected chi connectivity index (χ2v) is 9.51. The van der Waals surface area contributed by atoms with Crippen LogP contribution in [-0.2, 0) is 18.9 Å². The molecule has 0 aliphatic rings. The Balaban J connectivity index is 5.08. The van der Waals surface area contributed by atoms with Gasteiger partial charge in [-0.05, 0) is 0 Å². The average molecular weight is 838 g/mol. The Morgan fingerprint density at radius 3 is 0.692 bits per heavy atom. The van der Waals surface area contributed by atoms with E-state index in [1.807, 2.05) is 13.2 Å². The monoisotopic (exact) mass is 838 g/mol. The van der Waals surface area contributed by atoms with Gasteiger partial charge in [0, 0.05) is 0 Å². The molecule has 0 saturated carbocycles. The molecule has 30 heteroatoms. The van der Waals surface area contributed by atoms with Crippen LogP contribution in [-0.4, -0.2) is 111 Å². The summed E-state index contributed by atoms with van der Waals surface area (Å²) in [5.74, 6) is -83.5. The van der Waals surface area contributed by atoms with Crippen molar-refractivity contribution in [3.05, 3.63) is 24.7 Å². The molecule has 0 aromatic rings. The number of alkyl halides is 26. The molecule has 0 aliphatic heterocycles. The van der Waals surface area contributed by atoms with Gasteiger partial charge in [0.25, 0.3) is 0 Å². The zero-order valence-corrected chi connectivity index (χ0v) is 24.1. The van der Waals surface area contributed by atoms with Crippen molar-refractivity contribution in [2.24, 2.45) is 0 Å². The Hall–Kier alpha value is -2.82. The van der Waals surface area contributed by atoms with Gasteiger partial charge in [0.15, 0.2) is 11.5 Å². The maximum absolute atomic E-state index is 13.8. The van der Waals surface area contributed by atoms with E-state index in [9.17, 15) is 114 Å². The number of hydrogen-bond donors (Lipinski definition) is 0. The summed E-state index contributed by atoms with van der Waals surface area (Å²) in [6, 6.07) is 0. The summed E-state index contributed by atoms with van der Waals surface area (Å²) < 4.78 is 357. The molecule has 0 N–H and O–H groups in total. The van der Waals surface area contributed by atoms with Crippen LogP contribution in [0.2, 0.25) is 0 Å².